The van der Waals surface area contributed by atoms with Crippen LogP contribution in [-0.2, 0) is 11.8 Å². The van der Waals surface area contributed by atoms with E-state index in [1.807, 2.05) is 44.3 Å². The van der Waals surface area contributed by atoms with Crippen LogP contribution in [0.3, 0.4) is 0 Å². The van der Waals surface area contributed by atoms with Gasteiger partial charge in [-0.3, -0.25) is 14.3 Å². The molecule has 0 unspecified atom stereocenters. The first-order valence-electron chi connectivity index (χ1n) is 9.37. The molecule has 7 nitrogen and oxygen atoms in total. The first-order chi connectivity index (χ1) is 13.5. The number of nitrogens with zero attached hydrogens (tertiary/aromatic N) is 4. The second kappa shape index (κ2) is 7.07. The highest BCUT2D eigenvalue weighted by Gasteiger charge is 2.30. The molecule has 1 amide bonds. The number of rotatable bonds is 3. The monoisotopic (exact) mass is 378 g/mol. The number of fused-ring (bicyclic) bond motifs is 1. The van der Waals surface area contributed by atoms with Crippen molar-refractivity contribution in [2.75, 3.05) is 13.1 Å². The maximum absolute atomic E-state index is 13.4. The molecular formula is C21H22N4O3. The summed E-state index contributed by atoms with van der Waals surface area (Å²) < 4.78 is 1.68. The molecule has 1 atom stereocenters. The number of carboxylic acid groups (broad SMARTS) is 1. The van der Waals surface area contributed by atoms with Crippen molar-refractivity contribution < 1.29 is 14.7 Å². The second-order valence-corrected chi connectivity index (χ2v) is 7.26. The minimum absolute atomic E-state index is 0.161. The Morgan fingerprint density at radius 1 is 1.21 bits per heavy atom. The first kappa shape index (κ1) is 18.2. The van der Waals surface area contributed by atoms with Crippen molar-refractivity contribution in [3.05, 3.63) is 47.7 Å². The predicted octanol–water partition coefficient (Wildman–Crippen LogP) is 2.88. The number of aliphatic carboxylic acids is 1. The summed E-state index contributed by atoms with van der Waals surface area (Å²) in [5.41, 5.74) is 3.53. The lowest BCUT2D eigenvalue weighted by atomic mass is 9.97. The van der Waals surface area contributed by atoms with Crippen LogP contribution < -0.4 is 0 Å². The summed E-state index contributed by atoms with van der Waals surface area (Å²) in [4.78, 5) is 31.2. The Kier molecular flexibility index (Phi) is 4.58. The van der Waals surface area contributed by atoms with E-state index in [2.05, 4.69) is 5.10 Å². The molecule has 3 aromatic rings. The van der Waals surface area contributed by atoms with E-state index >= 15 is 0 Å². The van der Waals surface area contributed by atoms with E-state index in [0.29, 0.717) is 36.3 Å². The minimum atomic E-state index is -0.847. The van der Waals surface area contributed by atoms with Crippen LogP contribution in [0, 0.1) is 12.8 Å². The molecule has 1 aliphatic rings. The zero-order valence-corrected chi connectivity index (χ0v) is 15.9. The molecule has 3 heterocycles. The Morgan fingerprint density at radius 2 is 1.96 bits per heavy atom. The van der Waals surface area contributed by atoms with Crippen LogP contribution in [0.5, 0.6) is 0 Å². The van der Waals surface area contributed by atoms with Gasteiger partial charge in [0.2, 0.25) is 0 Å². The highest BCUT2D eigenvalue weighted by atomic mass is 16.4. The topological polar surface area (TPSA) is 88.3 Å². The molecule has 0 spiro atoms. The second-order valence-electron chi connectivity index (χ2n) is 7.26. The molecule has 0 bridgehead atoms. The Bertz CT molecular complexity index is 1060. The molecule has 0 aliphatic carbocycles. The van der Waals surface area contributed by atoms with Crippen LogP contribution in [0.25, 0.3) is 22.3 Å². The van der Waals surface area contributed by atoms with Crippen LogP contribution in [0.1, 0.15) is 28.9 Å². The maximum atomic E-state index is 13.4. The number of hydrogen-bond donors (Lipinski definition) is 1. The van der Waals surface area contributed by atoms with E-state index in [4.69, 9.17) is 4.98 Å². The summed E-state index contributed by atoms with van der Waals surface area (Å²) in [5.74, 6) is -1.52. The molecule has 2 aromatic heterocycles. The minimum Gasteiger partial charge on any atom is -0.481 e. The van der Waals surface area contributed by atoms with Crippen molar-refractivity contribution in [3.8, 4) is 11.3 Å². The van der Waals surface area contributed by atoms with Crippen molar-refractivity contribution in [2.24, 2.45) is 13.0 Å². The van der Waals surface area contributed by atoms with Gasteiger partial charge in [-0.05, 0) is 25.8 Å². The molecule has 7 heteroatoms. The predicted molar refractivity (Wildman–Crippen MR) is 105 cm³/mol. The molecule has 28 heavy (non-hydrogen) atoms. The van der Waals surface area contributed by atoms with Gasteiger partial charge in [0.15, 0.2) is 5.65 Å². The van der Waals surface area contributed by atoms with E-state index in [1.165, 1.54) is 0 Å². The molecule has 1 saturated heterocycles. The third-order valence-electron chi connectivity index (χ3n) is 5.33. The zero-order chi connectivity index (χ0) is 19.8. The maximum Gasteiger partial charge on any atom is 0.308 e. The highest BCUT2D eigenvalue weighted by Crippen LogP contribution is 2.29. The molecule has 1 N–H and O–H groups in total. The number of aryl methyl sites for hydroxylation is 2. The van der Waals surface area contributed by atoms with Crippen LogP contribution in [0.2, 0.25) is 0 Å². The average Bonchev–Trinajstić information content (AvgIpc) is 3.01. The smallest absolute Gasteiger partial charge is 0.308 e. The van der Waals surface area contributed by atoms with Gasteiger partial charge < -0.3 is 10.0 Å². The molecular weight excluding hydrogens is 356 g/mol. The third kappa shape index (κ3) is 3.13. The number of hydrogen-bond acceptors (Lipinski definition) is 4. The van der Waals surface area contributed by atoms with Gasteiger partial charge in [-0.15, -0.1) is 0 Å². The number of pyridine rings is 1. The SMILES string of the molecule is Cc1nn(C)c2nc(-c3ccccc3)cc(C(=O)N3CCC[C@H](C(=O)O)C3)c12. The quantitative estimate of drug-likeness (QED) is 0.757. The van der Waals surface area contributed by atoms with Gasteiger partial charge in [0.1, 0.15) is 0 Å². The van der Waals surface area contributed by atoms with Crippen molar-refractivity contribution >= 4 is 22.9 Å². The van der Waals surface area contributed by atoms with Crippen molar-refractivity contribution in [1.82, 2.24) is 19.7 Å². The fourth-order valence-electron chi connectivity index (χ4n) is 3.90. The number of amides is 1. The van der Waals surface area contributed by atoms with E-state index < -0.39 is 11.9 Å². The lowest BCUT2D eigenvalue weighted by Crippen LogP contribution is -2.42. The van der Waals surface area contributed by atoms with Gasteiger partial charge in [0.05, 0.1) is 28.3 Å². The van der Waals surface area contributed by atoms with Crippen LogP contribution in [-0.4, -0.2) is 49.7 Å². The van der Waals surface area contributed by atoms with Crippen LogP contribution >= 0.6 is 0 Å². The normalized spacial score (nSPS) is 17.1. The van der Waals surface area contributed by atoms with Gasteiger partial charge in [-0.1, -0.05) is 30.3 Å². The molecule has 1 aromatic carbocycles. The summed E-state index contributed by atoms with van der Waals surface area (Å²) in [6, 6.07) is 11.5. The summed E-state index contributed by atoms with van der Waals surface area (Å²) in [6.07, 6.45) is 1.29. The Balaban J connectivity index is 1.83. The van der Waals surface area contributed by atoms with E-state index in [1.54, 1.807) is 15.6 Å². The summed E-state index contributed by atoms with van der Waals surface area (Å²) in [5, 5.41) is 14.5. The largest absolute Gasteiger partial charge is 0.481 e. The number of aromatic nitrogens is 3. The van der Waals surface area contributed by atoms with E-state index in [-0.39, 0.29) is 12.5 Å². The first-order valence-corrected chi connectivity index (χ1v) is 9.37. The van der Waals surface area contributed by atoms with Crippen LogP contribution in [0.15, 0.2) is 36.4 Å². The average molecular weight is 378 g/mol. The number of carbonyl (C=O) groups excluding carboxylic acids is 1. The van der Waals surface area contributed by atoms with Gasteiger partial charge in [0.25, 0.3) is 5.91 Å². The summed E-state index contributed by atoms with van der Waals surface area (Å²) in [6.45, 7) is 2.66. The van der Waals surface area contributed by atoms with Crippen LogP contribution in [0.4, 0.5) is 0 Å². The molecule has 1 aliphatic heterocycles. The zero-order valence-electron chi connectivity index (χ0n) is 15.9. The summed E-state index contributed by atoms with van der Waals surface area (Å²) in [7, 11) is 1.81. The number of likely N-dealkylation sites (tertiary alicyclic amines) is 1. The molecule has 0 saturated carbocycles. The van der Waals surface area contributed by atoms with Gasteiger partial charge >= 0.3 is 5.97 Å². The van der Waals surface area contributed by atoms with Gasteiger partial charge in [0, 0.05) is 25.7 Å². The number of carboxylic acids is 1. The fourth-order valence-corrected chi connectivity index (χ4v) is 3.90. The number of piperidine rings is 1. The Labute approximate surface area is 162 Å². The number of carbonyl (C=O) groups is 2. The Hall–Kier alpha value is -3.22. The van der Waals surface area contributed by atoms with Crippen molar-refractivity contribution in [3.63, 3.8) is 0 Å². The fraction of sp³-hybridized carbons (Fsp3) is 0.333. The highest BCUT2D eigenvalue weighted by molar-refractivity contribution is 6.07. The van der Waals surface area contributed by atoms with Crippen molar-refractivity contribution in [2.45, 2.75) is 19.8 Å². The third-order valence-corrected chi connectivity index (χ3v) is 5.33. The number of benzene rings is 1. The van der Waals surface area contributed by atoms with Gasteiger partial charge in [-0.25, -0.2) is 4.98 Å². The van der Waals surface area contributed by atoms with E-state index in [0.717, 1.165) is 16.6 Å². The molecule has 144 valence electrons. The van der Waals surface area contributed by atoms with E-state index in [9.17, 15) is 14.7 Å². The lowest BCUT2D eigenvalue weighted by molar-refractivity contribution is -0.143. The lowest BCUT2D eigenvalue weighted by Gasteiger charge is -2.31. The van der Waals surface area contributed by atoms with Gasteiger partial charge in [-0.2, -0.15) is 5.10 Å². The molecule has 1 fully saturated rings. The Morgan fingerprint density at radius 3 is 2.68 bits per heavy atom. The summed E-state index contributed by atoms with van der Waals surface area (Å²) >= 11 is 0. The standard InChI is InChI=1S/C21H22N4O3/c1-13-18-16(20(26)25-10-6-9-15(12-25)21(27)28)11-17(14-7-4-3-5-8-14)22-19(18)24(2)23-13/h3-5,7-8,11,15H,6,9-10,12H2,1-2H3,(H,27,28)/t15-/m0/s1. The molecule has 4 rings (SSSR count). The molecule has 0 radical (unpaired) electrons. The van der Waals surface area contributed by atoms with Crippen molar-refractivity contribution in [1.29, 1.82) is 0 Å².